The molecule has 0 radical (unpaired) electrons. The monoisotopic (exact) mass is 399 g/mol. The molecule has 1 aromatic carbocycles. The molecule has 0 aliphatic carbocycles. The number of aromatic nitrogens is 1. The molecule has 1 N–H and O–H groups in total. The van der Waals surface area contributed by atoms with E-state index in [0.717, 1.165) is 0 Å². The summed E-state index contributed by atoms with van der Waals surface area (Å²) in [6.45, 7) is 6.76. The van der Waals surface area contributed by atoms with Gasteiger partial charge in [-0.15, -0.1) is 0 Å². The number of esters is 2. The van der Waals surface area contributed by atoms with E-state index in [4.69, 9.17) is 14.2 Å². The minimum Gasteiger partial charge on any atom is -0.496 e. The maximum atomic E-state index is 12.7. The van der Waals surface area contributed by atoms with Crippen LogP contribution in [0.2, 0.25) is 0 Å². The topological polar surface area (TPSA) is 94.7 Å². The van der Waals surface area contributed by atoms with Crippen molar-refractivity contribution in [1.29, 1.82) is 0 Å². The fourth-order valence-corrected chi connectivity index (χ4v) is 2.94. The Kier molecular flexibility index (Phi) is 7.36. The summed E-state index contributed by atoms with van der Waals surface area (Å²) in [4.78, 5) is 39.8. The maximum Gasteiger partial charge on any atom is 0.340 e. The second-order valence-electron chi connectivity index (χ2n) is 6.36. The van der Waals surface area contributed by atoms with Gasteiger partial charge in [0.25, 0.3) is 0 Å². The van der Waals surface area contributed by atoms with Crippen molar-refractivity contribution in [3.05, 3.63) is 58.4 Å². The molecule has 1 atom stereocenters. The van der Waals surface area contributed by atoms with Gasteiger partial charge in [0.05, 0.1) is 25.0 Å². The van der Waals surface area contributed by atoms with Crippen molar-refractivity contribution in [3.63, 3.8) is 0 Å². The highest BCUT2D eigenvalue weighted by atomic mass is 16.5. The maximum absolute atomic E-state index is 12.7. The number of aryl methyl sites for hydroxylation is 1. The van der Waals surface area contributed by atoms with Crippen LogP contribution in [0.4, 0.5) is 0 Å². The molecule has 0 aliphatic rings. The Hall–Kier alpha value is -3.35. The fourth-order valence-electron chi connectivity index (χ4n) is 2.94. The molecule has 0 spiro atoms. The molecule has 0 unspecified atom stereocenters. The van der Waals surface area contributed by atoms with Crippen LogP contribution < -0.4 is 4.74 Å². The summed E-state index contributed by atoms with van der Waals surface area (Å²) in [5.41, 5.74) is 2.25. The molecule has 0 bridgehead atoms. The van der Waals surface area contributed by atoms with Crippen LogP contribution in [0.5, 0.6) is 5.75 Å². The van der Waals surface area contributed by atoms with Gasteiger partial charge < -0.3 is 19.2 Å². The van der Waals surface area contributed by atoms with Gasteiger partial charge in [-0.05, 0) is 45.4 Å². The Labute approximate surface area is 169 Å². The van der Waals surface area contributed by atoms with Crippen molar-refractivity contribution in [2.45, 2.75) is 33.8 Å². The molecular weight excluding hydrogens is 374 g/mol. The third-order valence-electron chi connectivity index (χ3n) is 4.36. The summed E-state index contributed by atoms with van der Waals surface area (Å²) in [7, 11) is 1.54. The predicted octanol–water partition coefficient (Wildman–Crippen LogP) is 3.64. The van der Waals surface area contributed by atoms with E-state index in [1.54, 1.807) is 39.0 Å². The number of aromatic amines is 1. The summed E-state index contributed by atoms with van der Waals surface area (Å²) >= 11 is 0. The molecule has 0 amide bonds. The highest BCUT2D eigenvalue weighted by Gasteiger charge is 2.27. The van der Waals surface area contributed by atoms with Crippen LogP contribution in [0.15, 0.2) is 30.3 Å². The zero-order valence-electron chi connectivity index (χ0n) is 17.2. The molecule has 7 nitrogen and oxygen atoms in total. The van der Waals surface area contributed by atoms with Crippen LogP contribution in [-0.4, -0.2) is 42.5 Å². The highest BCUT2D eigenvalue weighted by molar-refractivity contribution is 6.04. The van der Waals surface area contributed by atoms with Crippen LogP contribution in [-0.2, 0) is 14.3 Å². The first-order chi connectivity index (χ1) is 13.8. The lowest BCUT2D eigenvalue weighted by atomic mass is 10.1. The second kappa shape index (κ2) is 9.73. The number of rotatable bonds is 8. The molecule has 0 aliphatic heterocycles. The smallest absolute Gasteiger partial charge is 0.340 e. The lowest BCUT2D eigenvalue weighted by molar-refractivity contribution is -0.140. The number of nitrogens with one attached hydrogen (secondary N) is 1. The predicted molar refractivity (Wildman–Crippen MR) is 108 cm³/mol. The number of para-hydroxylation sites is 1. The third kappa shape index (κ3) is 5.13. The zero-order chi connectivity index (χ0) is 21.6. The van der Waals surface area contributed by atoms with Crippen molar-refractivity contribution in [1.82, 2.24) is 4.98 Å². The first-order valence-electron chi connectivity index (χ1n) is 9.22. The van der Waals surface area contributed by atoms with Gasteiger partial charge in [-0.3, -0.25) is 4.79 Å². The van der Waals surface area contributed by atoms with Gasteiger partial charge in [0.1, 0.15) is 5.75 Å². The molecule has 0 saturated carbocycles. The van der Waals surface area contributed by atoms with Crippen molar-refractivity contribution in [3.8, 4) is 5.75 Å². The number of methoxy groups -OCH3 is 1. The van der Waals surface area contributed by atoms with Gasteiger partial charge in [-0.2, -0.15) is 0 Å². The Morgan fingerprint density at radius 2 is 1.86 bits per heavy atom. The SMILES string of the molecule is CCOC(=O)c1c(C)[nH]c(C(=O)[C@@H](C)OC(=O)/C=C/c2ccccc2OC)c1C. The van der Waals surface area contributed by atoms with E-state index in [2.05, 4.69) is 4.98 Å². The fraction of sp³-hybridized carbons (Fsp3) is 0.318. The van der Waals surface area contributed by atoms with E-state index >= 15 is 0 Å². The van der Waals surface area contributed by atoms with E-state index in [1.807, 2.05) is 12.1 Å². The second-order valence-corrected chi connectivity index (χ2v) is 6.36. The zero-order valence-corrected chi connectivity index (χ0v) is 17.2. The minimum atomic E-state index is -1.03. The first-order valence-corrected chi connectivity index (χ1v) is 9.22. The number of ether oxygens (including phenoxy) is 3. The van der Waals surface area contributed by atoms with Gasteiger partial charge in [0, 0.05) is 17.3 Å². The van der Waals surface area contributed by atoms with Gasteiger partial charge in [0.2, 0.25) is 5.78 Å². The standard InChI is InChI=1S/C22H25NO6/c1-6-28-22(26)19-13(2)20(23-14(19)3)21(25)15(4)29-18(24)12-11-16-9-7-8-10-17(16)27-5/h7-12,15,23H,6H2,1-5H3/b12-11+/t15-/m1/s1. The van der Waals surface area contributed by atoms with Crippen LogP contribution in [0.3, 0.4) is 0 Å². The largest absolute Gasteiger partial charge is 0.496 e. The summed E-state index contributed by atoms with van der Waals surface area (Å²) in [6, 6.07) is 7.20. The van der Waals surface area contributed by atoms with Crippen LogP contribution in [0.1, 0.15) is 51.5 Å². The van der Waals surface area contributed by atoms with Crippen molar-refractivity contribution >= 4 is 23.8 Å². The van der Waals surface area contributed by atoms with E-state index in [1.165, 1.54) is 20.1 Å². The molecular formula is C22H25NO6. The van der Waals surface area contributed by atoms with Crippen molar-refractivity contribution in [2.75, 3.05) is 13.7 Å². The van der Waals surface area contributed by atoms with E-state index < -0.39 is 23.8 Å². The molecule has 1 aromatic heterocycles. The van der Waals surface area contributed by atoms with Crippen LogP contribution in [0, 0.1) is 13.8 Å². The molecule has 29 heavy (non-hydrogen) atoms. The number of H-pyrrole nitrogens is 1. The third-order valence-corrected chi connectivity index (χ3v) is 4.36. The number of benzene rings is 1. The summed E-state index contributed by atoms with van der Waals surface area (Å²) < 4.78 is 15.5. The number of hydrogen-bond acceptors (Lipinski definition) is 6. The van der Waals surface area contributed by atoms with E-state index in [-0.39, 0.29) is 12.3 Å². The van der Waals surface area contributed by atoms with E-state index in [0.29, 0.717) is 28.1 Å². The number of carbonyl (C=O) groups is 3. The molecule has 0 fully saturated rings. The van der Waals surface area contributed by atoms with Gasteiger partial charge in [-0.1, -0.05) is 18.2 Å². The number of ketones is 1. The molecule has 2 aromatic rings. The Morgan fingerprint density at radius 1 is 1.17 bits per heavy atom. The quantitative estimate of drug-likeness (QED) is 0.414. The van der Waals surface area contributed by atoms with Gasteiger partial charge >= 0.3 is 11.9 Å². The van der Waals surface area contributed by atoms with Crippen molar-refractivity contribution in [2.24, 2.45) is 0 Å². The average molecular weight is 399 g/mol. The lowest BCUT2D eigenvalue weighted by Crippen LogP contribution is -2.24. The molecule has 154 valence electrons. The Balaban J connectivity index is 2.11. The lowest BCUT2D eigenvalue weighted by Gasteiger charge is -2.11. The van der Waals surface area contributed by atoms with Gasteiger partial charge in [-0.25, -0.2) is 9.59 Å². The van der Waals surface area contributed by atoms with Crippen molar-refractivity contribution < 1.29 is 28.6 Å². The number of Topliss-reactive ketones (excluding diaryl/α,β-unsaturated/α-hetero) is 1. The van der Waals surface area contributed by atoms with Crippen LogP contribution >= 0.6 is 0 Å². The number of carbonyl (C=O) groups excluding carboxylic acids is 3. The molecule has 1 heterocycles. The van der Waals surface area contributed by atoms with Crippen LogP contribution in [0.25, 0.3) is 6.08 Å². The molecule has 7 heteroatoms. The summed E-state index contributed by atoms with van der Waals surface area (Å²) in [5, 5.41) is 0. The average Bonchev–Trinajstić information content (AvgIpc) is 3.00. The molecule has 0 saturated heterocycles. The summed E-state index contributed by atoms with van der Waals surface area (Å²) in [5.74, 6) is -0.977. The highest BCUT2D eigenvalue weighted by Crippen LogP contribution is 2.21. The molecule has 2 rings (SSSR count). The Bertz CT molecular complexity index is 941. The van der Waals surface area contributed by atoms with E-state index in [9.17, 15) is 14.4 Å². The summed E-state index contributed by atoms with van der Waals surface area (Å²) in [6.07, 6.45) is 1.76. The van der Waals surface area contributed by atoms with Gasteiger partial charge in [0.15, 0.2) is 6.10 Å². The normalized spacial score (nSPS) is 11.9. The first kappa shape index (κ1) is 21.9. The minimum absolute atomic E-state index is 0.222. The number of hydrogen-bond donors (Lipinski definition) is 1. The Morgan fingerprint density at radius 3 is 2.52 bits per heavy atom.